The maximum Gasteiger partial charge on any atom is 0.226 e. The van der Waals surface area contributed by atoms with Gasteiger partial charge in [-0.2, -0.15) is 0 Å². The normalized spacial score (nSPS) is 11.1. The lowest BCUT2D eigenvalue weighted by atomic mass is 10.2. The minimum Gasteiger partial charge on any atom is -0.441 e. The van der Waals surface area contributed by atoms with E-state index in [1.807, 2.05) is 44.3 Å². The Kier molecular flexibility index (Phi) is 4.69. The Morgan fingerprint density at radius 1 is 1.22 bits per heavy atom. The van der Waals surface area contributed by atoms with Gasteiger partial charge in [0.25, 0.3) is 0 Å². The molecule has 0 radical (unpaired) electrons. The lowest BCUT2D eigenvalue weighted by Gasteiger charge is -2.14. The average Bonchev–Trinajstić information content (AvgIpc) is 2.89. The zero-order chi connectivity index (χ0) is 16.2. The van der Waals surface area contributed by atoms with Crippen molar-refractivity contribution in [1.82, 2.24) is 19.9 Å². The summed E-state index contributed by atoms with van der Waals surface area (Å²) in [6.45, 7) is 3.33. The van der Waals surface area contributed by atoms with Gasteiger partial charge in [0.05, 0.1) is 11.4 Å². The third kappa shape index (κ3) is 3.94. The van der Waals surface area contributed by atoms with Crippen LogP contribution in [0.2, 0.25) is 5.02 Å². The van der Waals surface area contributed by atoms with Crippen molar-refractivity contribution in [3.63, 3.8) is 0 Å². The second-order valence-electron chi connectivity index (χ2n) is 5.41. The van der Waals surface area contributed by atoms with Gasteiger partial charge in [0.15, 0.2) is 0 Å². The van der Waals surface area contributed by atoms with Crippen molar-refractivity contribution in [2.45, 2.75) is 20.0 Å². The highest BCUT2D eigenvalue weighted by molar-refractivity contribution is 6.30. The number of halogens is 1. The molecule has 2 aromatic heterocycles. The molecule has 0 saturated heterocycles. The van der Waals surface area contributed by atoms with Crippen LogP contribution in [0.4, 0.5) is 0 Å². The Morgan fingerprint density at radius 3 is 2.83 bits per heavy atom. The third-order valence-electron chi connectivity index (χ3n) is 3.46. The fraction of sp³-hybridized carbons (Fsp3) is 0.235. The van der Waals surface area contributed by atoms with Gasteiger partial charge in [0.2, 0.25) is 5.89 Å². The molecule has 118 valence electrons. The minimum absolute atomic E-state index is 0.593. The molecule has 3 aromatic rings. The number of hydrogen-bond donors (Lipinski definition) is 0. The van der Waals surface area contributed by atoms with E-state index in [-0.39, 0.29) is 0 Å². The van der Waals surface area contributed by atoms with Crippen molar-refractivity contribution in [1.29, 1.82) is 0 Å². The molecule has 0 bridgehead atoms. The smallest absolute Gasteiger partial charge is 0.226 e. The second kappa shape index (κ2) is 6.89. The molecular weight excluding hydrogens is 312 g/mol. The van der Waals surface area contributed by atoms with Gasteiger partial charge in [0, 0.05) is 29.9 Å². The summed E-state index contributed by atoms with van der Waals surface area (Å²) in [5, 5.41) is 0.667. The highest BCUT2D eigenvalue weighted by atomic mass is 35.5. The van der Waals surface area contributed by atoms with E-state index in [4.69, 9.17) is 16.0 Å². The second-order valence-corrected chi connectivity index (χ2v) is 5.84. The van der Waals surface area contributed by atoms with E-state index >= 15 is 0 Å². The van der Waals surface area contributed by atoms with Crippen LogP contribution >= 0.6 is 11.6 Å². The topological polar surface area (TPSA) is 55.1 Å². The molecule has 3 rings (SSSR count). The van der Waals surface area contributed by atoms with E-state index in [9.17, 15) is 0 Å². The van der Waals surface area contributed by atoms with Crippen LogP contribution in [0.15, 0.2) is 47.3 Å². The summed E-state index contributed by atoms with van der Waals surface area (Å²) in [4.78, 5) is 14.9. The Labute approximate surface area is 140 Å². The van der Waals surface area contributed by atoms with Crippen molar-refractivity contribution in [3.05, 3.63) is 65.0 Å². The van der Waals surface area contributed by atoms with Crippen LogP contribution in [-0.2, 0) is 13.1 Å². The maximum atomic E-state index is 6.03. The Morgan fingerprint density at radius 2 is 2.09 bits per heavy atom. The highest BCUT2D eigenvalue weighted by Gasteiger charge is 2.14. The number of hydrogen-bond acceptors (Lipinski definition) is 5. The van der Waals surface area contributed by atoms with E-state index in [0.717, 1.165) is 29.3 Å². The summed E-state index contributed by atoms with van der Waals surface area (Å²) in [5.74, 6) is 1.41. The fourth-order valence-corrected chi connectivity index (χ4v) is 2.51. The van der Waals surface area contributed by atoms with Gasteiger partial charge in [-0.05, 0) is 38.2 Å². The van der Waals surface area contributed by atoms with Crippen molar-refractivity contribution < 1.29 is 4.42 Å². The SMILES string of the molecule is Cc1oc(-c2cccc(Cl)c2)nc1CN(C)Cc1ccncn1. The number of nitrogens with zero attached hydrogens (tertiary/aromatic N) is 4. The number of rotatable bonds is 5. The molecule has 2 heterocycles. The van der Waals surface area contributed by atoms with Crippen LogP contribution < -0.4 is 0 Å². The quantitative estimate of drug-likeness (QED) is 0.714. The molecule has 0 aliphatic carbocycles. The predicted octanol–water partition coefficient (Wildman–Crippen LogP) is 3.73. The first-order chi connectivity index (χ1) is 11.1. The monoisotopic (exact) mass is 328 g/mol. The largest absolute Gasteiger partial charge is 0.441 e. The van der Waals surface area contributed by atoms with Gasteiger partial charge < -0.3 is 4.42 Å². The van der Waals surface area contributed by atoms with Crippen LogP contribution in [0.25, 0.3) is 11.5 Å². The molecular formula is C17H17ClN4O. The maximum absolute atomic E-state index is 6.03. The molecule has 0 unspecified atom stereocenters. The first kappa shape index (κ1) is 15.6. The highest BCUT2D eigenvalue weighted by Crippen LogP contribution is 2.24. The minimum atomic E-state index is 0.593. The number of benzene rings is 1. The molecule has 0 atom stereocenters. The molecule has 6 heteroatoms. The van der Waals surface area contributed by atoms with Gasteiger partial charge in [-0.3, -0.25) is 4.90 Å². The number of oxazole rings is 1. The molecule has 0 aliphatic rings. The standard InChI is InChI=1S/C17H17ClN4O/c1-12-16(10-22(2)9-15-6-7-19-11-20-15)21-17(23-12)13-4-3-5-14(18)8-13/h3-8,11H,9-10H2,1-2H3. The zero-order valence-electron chi connectivity index (χ0n) is 13.0. The van der Waals surface area contributed by atoms with Gasteiger partial charge in [-0.25, -0.2) is 15.0 Å². The first-order valence-electron chi connectivity index (χ1n) is 7.27. The van der Waals surface area contributed by atoms with Gasteiger partial charge in [-0.1, -0.05) is 17.7 Å². The summed E-state index contributed by atoms with van der Waals surface area (Å²) < 4.78 is 5.78. The summed E-state index contributed by atoms with van der Waals surface area (Å²) in [6.07, 6.45) is 3.30. The molecule has 0 aliphatic heterocycles. The van der Waals surface area contributed by atoms with Crippen molar-refractivity contribution in [2.24, 2.45) is 0 Å². The molecule has 1 aromatic carbocycles. The number of aryl methyl sites for hydroxylation is 1. The predicted molar refractivity (Wildman–Crippen MR) is 88.9 cm³/mol. The summed E-state index contributed by atoms with van der Waals surface area (Å²) in [6, 6.07) is 9.41. The molecule has 5 nitrogen and oxygen atoms in total. The van der Waals surface area contributed by atoms with Crippen LogP contribution in [0, 0.1) is 6.92 Å². The molecule has 23 heavy (non-hydrogen) atoms. The van der Waals surface area contributed by atoms with E-state index in [1.54, 1.807) is 12.5 Å². The zero-order valence-corrected chi connectivity index (χ0v) is 13.8. The summed E-state index contributed by atoms with van der Waals surface area (Å²) >= 11 is 6.03. The van der Waals surface area contributed by atoms with Crippen molar-refractivity contribution in [3.8, 4) is 11.5 Å². The lowest BCUT2D eigenvalue weighted by Crippen LogP contribution is -2.18. The van der Waals surface area contributed by atoms with Gasteiger partial charge in [0.1, 0.15) is 12.1 Å². The van der Waals surface area contributed by atoms with Crippen molar-refractivity contribution >= 4 is 11.6 Å². The first-order valence-corrected chi connectivity index (χ1v) is 7.65. The van der Waals surface area contributed by atoms with Crippen LogP contribution in [0.3, 0.4) is 0 Å². The average molecular weight is 329 g/mol. The molecule has 0 spiro atoms. The third-order valence-corrected chi connectivity index (χ3v) is 3.69. The van der Waals surface area contributed by atoms with Gasteiger partial charge >= 0.3 is 0 Å². The molecule has 0 amide bonds. The van der Waals surface area contributed by atoms with E-state index in [1.165, 1.54) is 0 Å². The Bertz CT molecular complexity index is 788. The lowest BCUT2D eigenvalue weighted by molar-refractivity contribution is 0.309. The summed E-state index contributed by atoms with van der Waals surface area (Å²) in [7, 11) is 2.02. The van der Waals surface area contributed by atoms with E-state index in [2.05, 4.69) is 19.9 Å². The van der Waals surface area contributed by atoms with Crippen molar-refractivity contribution in [2.75, 3.05) is 7.05 Å². The number of aromatic nitrogens is 3. The van der Waals surface area contributed by atoms with Crippen LogP contribution in [-0.4, -0.2) is 26.9 Å². The Balaban J connectivity index is 1.73. The molecule has 0 N–H and O–H groups in total. The van der Waals surface area contributed by atoms with Gasteiger partial charge in [-0.15, -0.1) is 0 Å². The fourth-order valence-electron chi connectivity index (χ4n) is 2.32. The van der Waals surface area contributed by atoms with E-state index < -0.39 is 0 Å². The molecule has 0 fully saturated rings. The van der Waals surface area contributed by atoms with Crippen LogP contribution in [0.5, 0.6) is 0 Å². The van der Waals surface area contributed by atoms with E-state index in [0.29, 0.717) is 17.5 Å². The molecule has 0 saturated carbocycles. The van der Waals surface area contributed by atoms with Crippen LogP contribution in [0.1, 0.15) is 17.1 Å². The Hall–Kier alpha value is -2.24. The summed E-state index contributed by atoms with van der Waals surface area (Å²) in [5.41, 5.74) is 2.76.